The van der Waals surface area contributed by atoms with Gasteiger partial charge in [-0.2, -0.15) is 24.3 Å². The van der Waals surface area contributed by atoms with Crippen molar-refractivity contribution in [2.45, 2.75) is 13.8 Å². The van der Waals surface area contributed by atoms with Crippen molar-refractivity contribution in [3.8, 4) is 124 Å². The molecule has 0 amide bonds. The summed E-state index contributed by atoms with van der Waals surface area (Å²) in [6, 6.07) is 148. The van der Waals surface area contributed by atoms with Gasteiger partial charge in [-0.3, -0.25) is 9.55 Å². The summed E-state index contributed by atoms with van der Waals surface area (Å²) in [7, 11) is 2.13. The summed E-state index contributed by atoms with van der Waals surface area (Å²) in [5.74, 6) is 4.66. The molecule has 0 unspecified atom stereocenters. The van der Waals surface area contributed by atoms with Crippen LogP contribution < -0.4 is 24.3 Å². The Bertz CT molecular complexity index is 8650. The second kappa shape index (κ2) is 34.5. The second-order valence-electron chi connectivity index (χ2n) is 33.8. The molecule has 25 aromatic rings. The molecule has 0 aliphatic carbocycles. The number of pyridine rings is 2. The number of hydrogen-bond acceptors (Lipinski definition) is 8. The number of para-hydroxylation sites is 7. The molecule has 135 heavy (non-hydrogen) atoms. The Morgan fingerprint density at radius 2 is 0.770 bits per heavy atom. The fraction of sp³-hybridized carbons (Fsp3) is 0.0252. The molecule has 0 spiro atoms. The van der Waals surface area contributed by atoms with E-state index in [0.29, 0.717) is 23.0 Å². The van der Waals surface area contributed by atoms with Crippen molar-refractivity contribution in [2.24, 2.45) is 0 Å². The Labute approximate surface area is 807 Å². The minimum Gasteiger partial charge on any atom is -0.510 e. The Kier molecular flexibility index (Phi) is 21.2. The molecule has 8 aromatic heterocycles. The van der Waals surface area contributed by atoms with Gasteiger partial charge in [0, 0.05) is 94.9 Å². The molecule has 0 saturated heterocycles. The molecule has 9 heterocycles. The minimum atomic E-state index is -0.0168. The monoisotopic (exact) mass is 2100 g/mol. The van der Waals surface area contributed by atoms with E-state index in [1.54, 1.807) is 6.20 Å². The molecular formula is C119H76BN9O4Pt2-2. The van der Waals surface area contributed by atoms with Crippen molar-refractivity contribution in [3.63, 3.8) is 0 Å². The normalized spacial score (nSPS) is 11.8. The summed E-state index contributed by atoms with van der Waals surface area (Å²) in [5, 5.41) is 8.44. The van der Waals surface area contributed by atoms with Gasteiger partial charge in [-0.1, -0.05) is 300 Å². The topological polar surface area (TPSA) is 110 Å². The first-order valence-electron chi connectivity index (χ1n) is 44.5. The van der Waals surface area contributed by atoms with E-state index in [1.165, 1.54) is 16.6 Å². The average Bonchev–Trinajstić information content (AvgIpc) is 1.58. The van der Waals surface area contributed by atoms with Gasteiger partial charge in [-0.15, -0.1) is 53.2 Å². The van der Waals surface area contributed by atoms with Gasteiger partial charge in [0.15, 0.2) is 11.2 Å². The number of rotatable bonds is 15. The van der Waals surface area contributed by atoms with Crippen LogP contribution in [0.5, 0.6) is 23.0 Å². The Balaban J connectivity index is 0.000000171. The van der Waals surface area contributed by atoms with Crippen molar-refractivity contribution in [2.75, 3.05) is 11.9 Å². The summed E-state index contributed by atoms with van der Waals surface area (Å²) >= 11 is 0. The molecule has 0 saturated carbocycles. The van der Waals surface area contributed by atoms with Crippen LogP contribution in [-0.4, -0.2) is 47.2 Å². The van der Waals surface area contributed by atoms with Gasteiger partial charge < -0.3 is 41.3 Å². The number of ether oxygens (including phenoxy) is 2. The zero-order valence-corrected chi connectivity index (χ0v) is 77.6. The summed E-state index contributed by atoms with van der Waals surface area (Å²) in [6.45, 7) is 4.33. The zero-order chi connectivity index (χ0) is 88.3. The summed E-state index contributed by atoms with van der Waals surface area (Å²) in [6.07, 6.45) is 11.5. The number of benzene rings is 17. The third-order valence-corrected chi connectivity index (χ3v) is 25.8. The van der Waals surface area contributed by atoms with Crippen molar-refractivity contribution in [3.05, 3.63) is 449 Å². The maximum atomic E-state index is 6.81. The second-order valence-corrected chi connectivity index (χ2v) is 33.8. The Morgan fingerprint density at radius 1 is 0.348 bits per heavy atom. The van der Waals surface area contributed by atoms with Crippen molar-refractivity contribution >= 4 is 117 Å². The summed E-state index contributed by atoms with van der Waals surface area (Å²) < 4.78 is 36.5. The van der Waals surface area contributed by atoms with Gasteiger partial charge in [0.1, 0.15) is 22.8 Å². The van der Waals surface area contributed by atoms with E-state index in [2.05, 4.69) is 394 Å². The zero-order valence-electron chi connectivity index (χ0n) is 73.1. The molecule has 0 fully saturated rings. The number of aromatic nitrogens is 8. The fourth-order valence-electron chi connectivity index (χ4n) is 19.7. The fourth-order valence-corrected chi connectivity index (χ4v) is 19.7. The standard InChI is InChI=1S/C78H48N4O2.C41H28BN5O2.2Pt/c1-5-21-52(22-6-1)56-41-57(53-23-7-2-8-24-53)44-60(43-56)65-33-20-34-66(61-45-58(54-25-9-3-10-26-54)42-59(46-61)55-27-11-4-12-28-55)78(65)81-51-80(72-36-16-17-37-73(72)81)62-29-19-30-63(47-62)83-64-39-40-68-67-31-13-15-35-71(67)82(74(68)48-64)77-49-70-69-32-14-18-38-75(69)84-76(70)50-79-77;1-25-9-8-10-26(2)40(25)42-45(3)34-18-16-27(21-33(34)41-43-19-20-46(41)42)48-28-15-17-30-29-11-4-6-13-35(29)47(36(30)22-28)39-23-32-31-12-5-7-14-37(31)49-38(32)24-44-39;;/h1-46,49-50H;4-20,23-24H,1-3H3;;/q2*-2;;+2. The third kappa shape index (κ3) is 14.7. The van der Waals surface area contributed by atoms with E-state index in [9.17, 15) is 0 Å². The van der Waals surface area contributed by atoms with Crippen LogP contribution in [0.4, 0.5) is 5.69 Å². The Morgan fingerprint density at radius 3 is 1.28 bits per heavy atom. The largest absolute Gasteiger partial charge is 2.00 e. The molecule has 0 atom stereocenters. The predicted octanol–water partition coefficient (Wildman–Crippen LogP) is 28.1. The van der Waals surface area contributed by atoms with E-state index >= 15 is 0 Å². The number of nitrogens with zero attached hydrogens (tertiary/aromatic N) is 9. The number of imidazole rings is 2. The maximum absolute atomic E-state index is 6.81. The molecule has 0 radical (unpaired) electrons. The van der Waals surface area contributed by atoms with Crippen LogP contribution in [0.15, 0.2) is 416 Å². The number of aryl methyl sites for hydroxylation is 2. The van der Waals surface area contributed by atoms with Crippen LogP contribution in [0.25, 0.3) is 200 Å². The summed E-state index contributed by atoms with van der Waals surface area (Å²) in [4.78, 5) is 16.9. The quantitative estimate of drug-likeness (QED) is 0.0567. The molecule has 0 N–H and O–H groups in total. The van der Waals surface area contributed by atoms with Crippen LogP contribution in [0.1, 0.15) is 11.1 Å². The van der Waals surface area contributed by atoms with E-state index in [-0.39, 0.29) is 49.1 Å². The third-order valence-electron chi connectivity index (χ3n) is 25.8. The van der Waals surface area contributed by atoms with Gasteiger partial charge in [-0.05, 0) is 182 Å². The van der Waals surface area contributed by atoms with E-state index in [4.69, 9.17) is 33.3 Å². The molecule has 17 aromatic carbocycles. The van der Waals surface area contributed by atoms with Crippen molar-refractivity contribution in [1.82, 2.24) is 33.1 Å². The SMILES string of the molecule is Cc1cccc(C)c1B1N(C)c2ccc(Oc3[c-]c4c(cc3)c3ccccc3n4-c3cc4c(cn3)oc3ccccc34)[c-]c2-c2nccn21.[Pt+2].[Pt].[c-]1c(Oc2[c-]c3c(cc2)c2ccccc2n3-c2cc3c(cn2)oc2ccccc23)cccc1-n1[c-][n+](-c2c(-c3cc(-c4ccccc4)cc(-c4ccccc4)c3)cccc2-c2cc(-c3ccccc3)cc(-c3ccccc3)c2)c2ccccc21. The number of hydrogen-bond donors (Lipinski definition) is 0. The molecule has 1 aliphatic heterocycles. The van der Waals surface area contributed by atoms with Crippen molar-refractivity contribution in [1.29, 1.82) is 0 Å². The first-order valence-corrected chi connectivity index (χ1v) is 44.5. The van der Waals surface area contributed by atoms with E-state index in [1.807, 2.05) is 85.3 Å². The Hall–Kier alpha value is -16.2. The first kappa shape index (κ1) is 83.1. The molecule has 26 rings (SSSR count). The molecule has 646 valence electrons. The minimum absolute atomic E-state index is 0. The molecule has 1 aliphatic rings. The summed E-state index contributed by atoms with van der Waals surface area (Å²) in [5.41, 5.74) is 29.7. The van der Waals surface area contributed by atoms with Gasteiger partial charge in [0.25, 0.3) is 6.33 Å². The molecular weight excluding hydrogens is 2020 g/mol. The average molecular weight is 2100 g/mol. The molecule has 13 nitrogen and oxygen atoms in total. The number of fused-ring (bicyclic) bond motifs is 16. The van der Waals surface area contributed by atoms with Gasteiger partial charge in [0.2, 0.25) is 0 Å². The van der Waals surface area contributed by atoms with Crippen LogP contribution in [0.3, 0.4) is 0 Å². The van der Waals surface area contributed by atoms with Crippen LogP contribution >= 0.6 is 0 Å². The van der Waals surface area contributed by atoms with Crippen LogP contribution in [-0.2, 0) is 42.1 Å². The number of furan rings is 2. The van der Waals surface area contributed by atoms with Gasteiger partial charge >= 0.3 is 28.0 Å². The predicted molar refractivity (Wildman–Crippen MR) is 536 cm³/mol. The van der Waals surface area contributed by atoms with E-state index in [0.717, 1.165) is 205 Å². The van der Waals surface area contributed by atoms with Crippen LogP contribution in [0.2, 0.25) is 0 Å². The van der Waals surface area contributed by atoms with Crippen LogP contribution in [0, 0.1) is 44.4 Å². The van der Waals surface area contributed by atoms with E-state index < -0.39 is 0 Å². The number of anilines is 1. The smallest absolute Gasteiger partial charge is 0.510 e. The maximum Gasteiger partial charge on any atom is 2.00 e. The first-order chi connectivity index (χ1) is 65.6. The van der Waals surface area contributed by atoms with Gasteiger partial charge in [-0.25, -0.2) is 9.97 Å². The molecule has 16 heteroatoms. The van der Waals surface area contributed by atoms with Crippen molar-refractivity contribution < 1.29 is 65.0 Å². The molecule has 0 bridgehead atoms. The van der Waals surface area contributed by atoms with Gasteiger partial charge in [0.05, 0.1) is 29.1 Å².